The molecule has 1 saturated heterocycles. The van der Waals surface area contributed by atoms with Gasteiger partial charge in [0.25, 0.3) is 0 Å². The predicted octanol–water partition coefficient (Wildman–Crippen LogP) is 1.25. The van der Waals surface area contributed by atoms with Gasteiger partial charge in [0, 0.05) is 6.54 Å². The van der Waals surface area contributed by atoms with Crippen molar-refractivity contribution in [3.05, 3.63) is 29.3 Å². The van der Waals surface area contributed by atoms with Crippen LogP contribution in [-0.4, -0.2) is 44.6 Å². The zero-order valence-electron chi connectivity index (χ0n) is 12.5. The molecular formula is C15H24N2O3S. The fourth-order valence-electron chi connectivity index (χ4n) is 2.58. The smallest absolute Gasteiger partial charge is 0.240 e. The molecule has 2 N–H and O–H groups in total. The molecule has 0 aliphatic carbocycles. The summed E-state index contributed by atoms with van der Waals surface area (Å²) in [5.74, 6) is 0. The Morgan fingerprint density at radius 2 is 2.00 bits per heavy atom. The third-order valence-electron chi connectivity index (χ3n) is 3.94. The van der Waals surface area contributed by atoms with E-state index in [0.717, 1.165) is 31.6 Å². The van der Waals surface area contributed by atoms with Gasteiger partial charge in [0.2, 0.25) is 10.0 Å². The van der Waals surface area contributed by atoms with Crippen LogP contribution in [0, 0.1) is 6.92 Å². The van der Waals surface area contributed by atoms with E-state index in [-0.39, 0.29) is 11.5 Å². The number of hydrogen-bond acceptors (Lipinski definition) is 4. The number of rotatable bonds is 7. The van der Waals surface area contributed by atoms with E-state index in [4.69, 9.17) is 0 Å². The van der Waals surface area contributed by atoms with E-state index in [0.29, 0.717) is 12.1 Å². The lowest BCUT2D eigenvalue weighted by Gasteiger charge is -2.14. The molecule has 1 aromatic rings. The Bertz CT molecular complexity index is 566. The van der Waals surface area contributed by atoms with E-state index < -0.39 is 10.0 Å². The fourth-order valence-corrected chi connectivity index (χ4v) is 3.71. The Hall–Kier alpha value is -0.950. The minimum absolute atomic E-state index is 0.149. The first-order valence-corrected chi connectivity index (χ1v) is 8.93. The summed E-state index contributed by atoms with van der Waals surface area (Å²) in [5, 5.41) is 9.22. The van der Waals surface area contributed by atoms with Crippen molar-refractivity contribution in [2.24, 2.45) is 0 Å². The summed E-state index contributed by atoms with van der Waals surface area (Å²) in [6.07, 6.45) is 3.32. The number of aliphatic hydroxyl groups is 1. The summed E-state index contributed by atoms with van der Waals surface area (Å²) in [6.45, 7) is 5.35. The lowest BCUT2D eigenvalue weighted by Crippen LogP contribution is -2.28. The first-order valence-electron chi connectivity index (χ1n) is 7.45. The second kappa shape index (κ2) is 7.35. The standard InChI is InChI=1S/C15H24N2O3S/c1-13-5-6-15(11-14(13)12-18)21(19,20)16-7-4-10-17-8-2-3-9-17/h5-6,11,16,18H,2-4,7-10,12H2,1H3. The summed E-state index contributed by atoms with van der Waals surface area (Å²) in [7, 11) is -3.49. The number of nitrogens with zero attached hydrogens (tertiary/aromatic N) is 1. The summed E-state index contributed by atoms with van der Waals surface area (Å²) in [6, 6.07) is 4.85. The third-order valence-corrected chi connectivity index (χ3v) is 5.40. The number of hydrogen-bond donors (Lipinski definition) is 2. The highest BCUT2D eigenvalue weighted by molar-refractivity contribution is 7.89. The van der Waals surface area contributed by atoms with E-state index in [2.05, 4.69) is 9.62 Å². The lowest BCUT2D eigenvalue weighted by molar-refractivity contribution is 0.280. The molecule has 2 rings (SSSR count). The van der Waals surface area contributed by atoms with Gasteiger partial charge in [-0.1, -0.05) is 6.07 Å². The second-order valence-corrected chi connectivity index (χ2v) is 7.31. The summed E-state index contributed by atoms with van der Waals surface area (Å²) >= 11 is 0. The van der Waals surface area contributed by atoms with Gasteiger partial charge in [0.1, 0.15) is 0 Å². The predicted molar refractivity (Wildman–Crippen MR) is 82.6 cm³/mol. The highest BCUT2D eigenvalue weighted by Gasteiger charge is 2.15. The summed E-state index contributed by atoms with van der Waals surface area (Å²) < 4.78 is 27.0. The van der Waals surface area contributed by atoms with E-state index in [9.17, 15) is 13.5 Å². The van der Waals surface area contributed by atoms with Gasteiger partial charge in [-0.25, -0.2) is 13.1 Å². The molecule has 118 valence electrons. The normalized spacial score (nSPS) is 16.5. The van der Waals surface area contributed by atoms with Gasteiger partial charge in [-0.3, -0.25) is 0 Å². The minimum Gasteiger partial charge on any atom is -0.392 e. The molecule has 0 radical (unpaired) electrons. The quantitative estimate of drug-likeness (QED) is 0.744. The average Bonchev–Trinajstić information content (AvgIpc) is 2.97. The van der Waals surface area contributed by atoms with E-state index >= 15 is 0 Å². The molecule has 5 nitrogen and oxygen atoms in total. The second-order valence-electron chi connectivity index (χ2n) is 5.55. The molecule has 0 saturated carbocycles. The molecule has 1 aromatic carbocycles. The maximum absolute atomic E-state index is 12.2. The van der Waals surface area contributed by atoms with Crippen LogP contribution in [0.15, 0.2) is 23.1 Å². The van der Waals surface area contributed by atoms with Crippen molar-refractivity contribution in [2.45, 2.75) is 37.7 Å². The first kappa shape index (κ1) is 16.4. The van der Waals surface area contributed by atoms with Gasteiger partial charge in [0.15, 0.2) is 0 Å². The van der Waals surface area contributed by atoms with Crippen LogP contribution >= 0.6 is 0 Å². The van der Waals surface area contributed by atoms with Crippen molar-refractivity contribution < 1.29 is 13.5 Å². The van der Waals surface area contributed by atoms with Gasteiger partial charge in [-0.15, -0.1) is 0 Å². The van der Waals surface area contributed by atoms with Crippen molar-refractivity contribution >= 4 is 10.0 Å². The van der Waals surface area contributed by atoms with Gasteiger partial charge in [-0.2, -0.15) is 0 Å². The topological polar surface area (TPSA) is 69.6 Å². The fraction of sp³-hybridized carbons (Fsp3) is 0.600. The molecule has 0 atom stereocenters. The maximum Gasteiger partial charge on any atom is 0.240 e. The highest BCUT2D eigenvalue weighted by atomic mass is 32.2. The van der Waals surface area contributed by atoms with Crippen LogP contribution in [0.2, 0.25) is 0 Å². The molecule has 21 heavy (non-hydrogen) atoms. The average molecular weight is 312 g/mol. The minimum atomic E-state index is -3.49. The van der Waals surface area contributed by atoms with Crippen molar-refractivity contribution in [1.82, 2.24) is 9.62 Å². The number of benzene rings is 1. The van der Waals surface area contributed by atoms with Crippen molar-refractivity contribution in [3.63, 3.8) is 0 Å². The Morgan fingerprint density at radius 3 is 2.67 bits per heavy atom. The van der Waals surface area contributed by atoms with Crippen molar-refractivity contribution in [1.29, 1.82) is 0 Å². The summed E-state index contributed by atoms with van der Waals surface area (Å²) in [4.78, 5) is 2.59. The SMILES string of the molecule is Cc1ccc(S(=O)(=O)NCCCN2CCCC2)cc1CO. The van der Waals surface area contributed by atoms with Crippen LogP contribution in [-0.2, 0) is 16.6 Å². The molecule has 1 fully saturated rings. The van der Waals surface area contributed by atoms with Crippen LogP contribution in [0.3, 0.4) is 0 Å². The third kappa shape index (κ3) is 4.51. The van der Waals surface area contributed by atoms with E-state index in [1.54, 1.807) is 12.1 Å². The number of nitrogens with one attached hydrogen (secondary N) is 1. The zero-order chi connectivity index (χ0) is 15.3. The number of likely N-dealkylation sites (tertiary alicyclic amines) is 1. The lowest BCUT2D eigenvalue weighted by atomic mass is 10.1. The van der Waals surface area contributed by atoms with Crippen molar-refractivity contribution in [3.8, 4) is 0 Å². The van der Waals surface area contributed by atoms with Gasteiger partial charge >= 0.3 is 0 Å². The van der Waals surface area contributed by atoms with Crippen LogP contribution in [0.5, 0.6) is 0 Å². The monoisotopic (exact) mass is 312 g/mol. The van der Waals surface area contributed by atoms with E-state index in [1.165, 1.54) is 18.9 Å². The molecule has 0 aromatic heterocycles. The molecule has 0 bridgehead atoms. The maximum atomic E-state index is 12.2. The Balaban J connectivity index is 1.88. The number of sulfonamides is 1. The van der Waals surface area contributed by atoms with E-state index in [1.807, 2.05) is 6.92 Å². The Morgan fingerprint density at radius 1 is 1.29 bits per heavy atom. The largest absolute Gasteiger partial charge is 0.392 e. The molecule has 0 amide bonds. The Labute approximate surface area is 127 Å². The van der Waals surface area contributed by atoms with Crippen molar-refractivity contribution in [2.75, 3.05) is 26.2 Å². The molecule has 0 unspecified atom stereocenters. The van der Waals surface area contributed by atoms with Gasteiger partial charge < -0.3 is 10.0 Å². The molecule has 1 aliphatic rings. The molecule has 1 heterocycles. The Kier molecular flexibility index (Phi) is 5.75. The van der Waals surface area contributed by atoms with Gasteiger partial charge in [0.05, 0.1) is 11.5 Å². The molecule has 1 aliphatic heterocycles. The number of aliphatic hydroxyl groups excluding tert-OH is 1. The molecule has 6 heteroatoms. The zero-order valence-corrected chi connectivity index (χ0v) is 13.3. The highest BCUT2D eigenvalue weighted by Crippen LogP contribution is 2.15. The van der Waals surface area contributed by atoms with Crippen LogP contribution in [0.1, 0.15) is 30.4 Å². The molecule has 0 spiro atoms. The van der Waals surface area contributed by atoms with Crippen LogP contribution in [0.25, 0.3) is 0 Å². The van der Waals surface area contributed by atoms with Gasteiger partial charge in [-0.05, 0) is 69.1 Å². The van der Waals surface area contributed by atoms with Crippen LogP contribution in [0.4, 0.5) is 0 Å². The number of aryl methyl sites for hydroxylation is 1. The first-order chi connectivity index (χ1) is 10.0. The molecular weight excluding hydrogens is 288 g/mol. The van der Waals surface area contributed by atoms with Crippen LogP contribution < -0.4 is 4.72 Å². The summed E-state index contributed by atoms with van der Waals surface area (Å²) in [5.41, 5.74) is 1.54.